The van der Waals surface area contributed by atoms with Crippen LogP contribution in [0.15, 0.2) is 35.6 Å². The maximum absolute atomic E-state index is 5.83. The average molecular weight is 555 g/mol. The summed E-state index contributed by atoms with van der Waals surface area (Å²) in [6.45, 7) is 9.78. The number of para-hydroxylation sites is 1. The Hall–Kier alpha value is -1.84. The third-order valence-electron chi connectivity index (χ3n) is 5.98. The summed E-state index contributed by atoms with van der Waals surface area (Å²) < 4.78 is 7.93. The second-order valence-corrected chi connectivity index (χ2v) is 8.20. The zero-order valence-electron chi connectivity index (χ0n) is 19.7. The summed E-state index contributed by atoms with van der Waals surface area (Å²) in [6, 6.07) is 8.49. The van der Waals surface area contributed by atoms with Crippen molar-refractivity contribution < 1.29 is 4.74 Å². The molecule has 1 aromatic heterocycles. The lowest BCUT2D eigenvalue weighted by Gasteiger charge is -2.28. The van der Waals surface area contributed by atoms with E-state index in [1.54, 1.807) is 6.33 Å². The Bertz CT molecular complexity index is 824. The molecule has 2 N–H and O–H groups in total. The molecule has 0 saturated carbocycles. The van der Waals surface area contributed by atoms with Crippen molar-refractivity contribution in [3.63, 3.8) is 0 Å². The minimum atomic E-state index is 0. The zero-order chi connectivity index (χ0) is 21.9. The SMILES string of the molecule is CCCCC(CC)CN=C(NCCn1cnnc1CC)NC1CCOc2ccccc21.I. The van der Waals surface area contributed by atoms with Gasteiger partial charge in [0.1, 0.15) is 17.9 Å². The van der Waals surface area contributed by atoms with Crippen molar-refractivity contribution >= 4 is 29.9 Å². The molecule has 0 radical (unpaired) electrons. The number of fused-ring (bicyclic) bond motifs is 1. The molecule has 0 saturated heterocycles. The number of aromatic nitrogens is 3. The van der Waals surface area contributed by atoms with Gasteiger partial charge in [0, 0.05) is 38.0 Å². The number of ether oxygens (including phenoxy) is 1. The molecule has 7 nitrogen and oxygen atoms in total. The van der Waals surface area contributed by atoms with Gasteiger partial charge >= 0.3 is 0 Å². The van der Waals surface area contributed by atoms with E-state index < -0.39 is 0 Å². The van der Waals surface area contributed by atoms with E-state index in [4.69, 9.17) is 9.73 Å². The van der Waals surface area contributed by atoms with E-state index in [1.807, 2.05) is 12.1 Å². The van der Waals surface area contributed by atoms with Gasteiger partial charge in [-0.2, -0.15) is 0 Å². The molecule has 1 aliphatic rings. The molecule has 0 spiro atoms. The molecule has 2 aromatic rings. The maximum atomic E-state index is 5.83. The first kappa shape index (κ1) is 26.4. The van der Waals surface area contributed by atoms with Crippen LogP contribution < -0.4 is 15.4 Å². The monoisotopic (exact) mass is 554 g/mol. The topological polar surface area (TPSA) is 76.4 Å². The zero-order valence-corrected chi connectivity index (χ0v) is 22.0. The number of unbranched alkanes of at least 4 members (excludes halogenated alkanes) is 1. The molecule has 2 unspecified atom stereocenters. The first-order chi connectivity index (χ1) is 15.2. The van der Waals surface area contributed by atoms with Crippen molar-refractivity contribution in [2.45, 2.75) is 71.9 Å². The minimum absolute atomic E-state index is 0. The Morgan fingerprint density at radius 2 is 2.12 bits per heavy atom. The highest BCUT2D eigenvalue weighted by atomic mass is 127. The summed E-state index contributed by atoms with van der Waals surface area (Å²) in [7, 11) is 0. The number of aryl methyl sites for hydroxylation is 1. The Morgan fingerprint density at radius 1 is 1.28 bits per heavy atom. The largest absolute Gasteiger partial charge is 0.493 e. The molecule has 3 rings (SSSR count). The van der Waals surface area contributed by atoms with Crippen molar-refractivity contribution in [2.75, 3.05) is 19.7 Å². The van der Waals surface area contributed by atoms with Gasteiger partial charge in [0.05, 0.1) is 12.6 Å². The Labute approximate surface area is 209 Å². The lowest BCUT2D eigenvalue weighted by molar-refractivity contribution is 0.261. The van der Waals surface area contributed by atoms with E-state index in [9.17, 15) is 0 Å². The lowest BCUT2D eigenvalue weighted by Crippen LogP contribution is -2.42. The van der Waals surface area contributed by atoms with Crippen molar-refractivity contribution in [2.24, 2.45) is 10.9 Å². The number of halogens is 1. The standard InChI is InChI=1S/C24H38N6O.HI/c1-4-7-10-19(5-2)17-26-24(25-14-15-30-18-27-29-23(30)6-3)28-21-13-16-31-22-12-9-8-11-20(21)22;/h8-9,11-12,18-19,21H,4-7,10,13-17H2,1-3H3,(H2,25,26,28);1H. The summed E-state index contributed by atoms with van der Waals surface area (Å²) in [5, 5.41) is 15.4. The Balaban J connectivity index is 0.00000363. The van der Waals surface area contributed by atoms with E-state index >= 15 is 0 Å². The van der Waals surface area contributed by atoms with Crippen LogP contribution in [0, 0.1) is 5.92 Å². The third kappa shape index (κ3) is 7.64. The number of aliphatic imine (C=N–C) groups is 1. The number of nitrogens with one attached hydrogen (secondary N) is 2. The van der Waals surface area contributed by atoms with Crippen molar-refractivity contribution in [1.29, 1.82) is 0 Å². The van der Waals surface area contributed by atoms with Gasteiger partial charge in [-0.25, -0.2) is 0 Å². The van der Waals surface area contributed by atoms with Crippen LogP contribution in [0.1, 0.15) is 70.3 Å². The van der Waals surface area contributed by atoms with Crippen LogP contribution in [0.4, 0.5) is 0 Å². The lowest BCUT2D eigenvalue weighted by atomic mass is 9.99. The number of hydrogen-bond acceptors (Lipinski definition) is 4. The highest BCUT2D eigenvalue weighted by molar-refractivity contribution is 14.0. The van der Waals surface area contributed by atoms with Crippen molar-refractivity contribution in [3.8, 4) is 5.75 Å². The summed E-state index contributed by atoms with van der Waals surface area (Å²) in [5.74, 6) is 3.49. The van der Waals surface area contributed by atoms with Crippen LogP contribution >= 0.6 is 24.0 Å². The smallest absolute Gasteiger partial charge is 0.191 e. The highest BCUT2D eigenvalue weighted by Crippen LogP contribution is 2.31. The van der Waals surface area contributed by atoms with Gasteiger partial charge in [-0.3, -0.25) is 4.99 Å². The molecule has 2 heterocycles. The molecular weight excluding hydrogens is 515 g/mol. The number of benzene rings is 1. The van der Waals surface area contributed by atoms with Gasteiger partial charge in [-0.05, 0) is 18.4 Å². The molecule has 32 heavy (non-hydrogen) atoms. The van der Waals surface area contributed by atoms with Crippen LogP contribution in [-0.4, -0.2) is 40.4 Å². The van der Waals surface area contributed by atoms with E-state index in [2.05, 4.69) is 58.3 Å². The molecular formula is C24H39IN6O. The van der Waals surface area contributed by atoms with Gasteiger partial charge in [0.15, 0.2) is 5.96 Å². The van der Waals surface area contributed by atoms with Crippen LogP contribution in [0.2, 0.25) is 0 Å². The summed E-state index contributed by atoms with van der Waals surface area (Å²) in [6.07, 6.45) is 8.52. The molecule has 1 aliphatic heterocycles. The molecule has 0 aliphatic carbocycles. The summed E-state index contributed by atoms with van der Waals surface area (Å²) in [4.78, 5) is 4.99. The van der Waals surface area contributed by atoms with Gasteiger partial charge in [-0.1, -0.05) is 58.2 Å². The van der Waals surface area contributed by atoms with E-state index in [0.717, 1.165) is 63.0 Å². The van der Waals surface area contributed by atoms with Gasteiger partial charge in [0.25, 0.3) is 0 Å². The fourth-order valence-corrected chi connectivity index (χ4v) is 3.98. The van der Waals surface area contributed by atoms with Gasteiger partial charge in [-0.15, -0.1) is 34.2 Å². The molecule has 1 aromatic carbocycles. The van der Waals surface area contributed by atoms with Gasteiger partial charge < -0.3 is 19.9 Å². The molecule has 0 bridgehead atoms. The molecule has 8 heteroatoms. The van der Waals surface area contributed by atoms with E-state index in [0.29, 0.717) is 5.92 Å². The number of guanidine groups is 1. The summed E-state index contributed by atoms with van der Waals surface area (Å²) >= 11 is 0. The average Bonchev–Trinajstić information content (AvgIpc) is 3.26. The fourth-order valence-electron chi connectivity index (χ4n) is 3.98. The highest BCUT2D eigenvalue weighted by Gasteiger charge is 2.22. The predicted molar refractivity (Wildman–Crippen MR) is 141 cm³/mol. The fraction of sp³-hybridized carbons (Fsp3) is 0.625. The second kappa shape index (κ2) is 14.3. The third-order valence-corrected chi connectivity index (χ3v) is 5.98. The van der Waals surface area contributed by atoms with Crippen molar-refractivity contribution in [3.05, 3.63) is 42.0 Å². The minimum Gasteiger partial charge on any atom is -0.493 e. The predicted octanol–water partition coefficient (Wildman–Crippen LogP) is 4.73. The molecule has 0 fully saturated rings. The molecule has 0 amide bonds. The molecule has 178 valence electrons. The van der Waals surface area contributed by atoms with Crippen LogP contribution in [0.5, 0.6) is 5.75 Å². The maximum Gasteiger partial charge on any atom is 0.191 e. The van der Waals surface area contributed by atoms with Crippen molar-refractivity contribution in [1.82, 2.24) is 25.4 Å². The quantitative estimate of drug-likeness (QED) is 0.239. The van der Waals surface area contributed by atoms with Crippen LogP contribution in [-0.2, 0) is 13.0 Å². The van der Waals surface area contributed by atoms with E-state index in [1.165, 1.54) is 24.8 Å². The number of rotatable bonds is 11. The second-order valence-electron chi connectivity index (χ2n) is 8.20. The first-order valence-electron chi connectivity index (χ1n) is 11.9. The normalized spacial score (nSPS) is 16.5. The summed E-state index contributed by atoms with van der Waals surface area (Å²) in [5.41, 5.74) is 1.20. The van der Waals surface area contributed by atoms with Crippen LogP contribution in [0.25, 0.3) is 0 Å². The van der Waals surface area contributed by atoms with E-state index in [-0.39, 0.29) is 30.0 Å². The molecule has 2 atom stereocenters. The van der Waals surface area contributed by atoms with Gasteiger partial charge in [0.2, 0.25) is 0 Å². The van der Waals surface area contributed by atoms with Crippen LogP contribution in [0.3, 0.4) is 0 Å². The Kier molecular flexibility index (Phi) is 11.8. The Morgan fingerprint density at radius 3 is 2.91 bits per heavy atom. The number of nitrogens with zero attached hydrogens (tertiary/aromatic N) is 4. The first-order valence-corrected chi connectivity index (χ1v) is 11.9. The number of hydrogen-bond donors (Lipinski definition) is 2.